The number of nitrogens with one attached hydrogen (secondary N) is 1. The number of ether oxygens (including phenoxy) is 8. The molecule has 0 unspecified atom stereocenters. The summed E-state index contributed by atoms with van der Waals surface area (Å²) in [6.07, 6.45) is -0.187. The van der Waals surface area contributed by atoms with Crippen LogP contribution in [-0.4, -0.2) is 95.8 Å². The van der Waals surface area contributed by atoms with Crippen molar-refractivity contribution in [2.75, 3.05) is 55.1 Å². The van der Waals surface area contributed by atoms with Crippen molar-refractivity contribution in [2.45, 2.75) is 58.0 Å². The molecule has 0 saturated carbocycles. The Bertz CT molecular complexity index is 1640. The molecule has 3 aromatic rings. The highest BCUT2D eigenvalue weighted by molar-refractivity contribution is 6.11. The van der Waals surface area contributed by atoms with Crippen LogP contribution in [0.1, 0.15) is 65.5 Å². The molecule has 0 radical (unpaired) electrons. The normalized spacial score (nSPS) is 16.3. The molecule has 1 aliphatic heterocycles. The van der Waals surface area contributed by atoms with Crippen molar-refractivity contribution in [1.82, 2.24) is 10.4 Å². The molecule has 0 aromatic heterocycles. The van der Waals surface area contributed by atoms with E-state index in [1.54, 1.807) is 81.4 Å². The molecule has 282 valence electrons. The van der Waals surface area contributed by atoms with Gasteiger partial charge in [0.25, 0.3) is 5.91 Å². The molecule has 1 amide bonds. The topological polar surface area (TPSA) is 150 Å². The maximum absolute atomic E-state index is 13.8. The van der Waals surface area contributed by atoms with Gasteiger partial charge in [-0.1, -0.05) is 24.3 Å². The molecular weight excluding hydrogens is 676 g/mol. The largest absolute Gasteiger partial charge is 0.528 e. The van der Waals surface area contributed by atoms with Crippen molar-refractivity contribution in [3.8, 4) is 23.0 Å². The molecule has 4 rings (SSSR count). The van der Waals surface area contributed by atoms with Crippen LogP contribution in [0, 0.1) is 0 Å². The van der Waals surface area contributed by atoms with Crippen LogP contribution in [0.15, 0.2) is 60.7 Å². The number of methoxy groups -OCH3 is 4. The number of nitrogens with zero attached hydrogens (tertiary/aromatic N) is 1. The lowest BCUT2D eigenvalue weighted by Gasteiger charge is -2.29. The summed E-state index contributed by atoms with van der Waals surface area (Å²) >= 11 is 0. The Hall–Kier alpha value is -4.89. The van der Waals surface area contributed by atoms with Gasteiger partial charge in [0, 0.05) is 26.3 Å². The monoisotopic (exact) mass is 724 g/mol. The Labute approximate surface area is 304 Å². The summed E-state index contributed by atoms with van der Waals surface area (Å²) in [6.45, 7) is 5.86. The second-order valence-electron chi connectivity index (χ2n) is 12.9. The van der Waals surface area contributed by atoms with E-state index in [0.717, 1.165) is 5.56 Å². The summed E-state index contributed by atoms with van der Waals surface area (Å²) in [7, 11) is 6.01. The number of carbonyl (C=O) groups is 3. The number of hydrogen-bond acceptors (Lipinski definition) is 13. The molecule has 1 fully saturated rings. The summed E-state index contributed by atoms with van der Waals surface area (Å²) in [4.78, 5) is 45.4. The van der Waals surface area contributed by atoms with Crippen molar-refractivity contribution < 1.29 is 57.1 Å². The lowest BCUT2D eigenvalue weighted by Crippen LogP contribution is -2.50. The van der Waals surface area contributed by atoms with E-state index >= 15 is 0 Å². The molecule has 1 saturated heterocycles. The molecule has 1 aliphatic rings. The van der Waals surface area contributed by atoms with Gasteiger partial charge in [-0.25, -0.2) is 4.79 Å². The van der Waals surface area contributed by atoms with Crippen LogP contribution < -0.4 is 24.3 Å². The molecule has 52 heavy (non-hydrogen) atoms. The fourth-order valence-corrected chi connectivity index (χ4v) is 5.37. The smallest absolute Gasteiger partial charge is 0.497 e. The molecule has 2 atom stereocenters. The third-order valence-electron chi connectivity index (χ3n) is 7.86. The van der Waals surface area contributed by atoms with E-state index < -0.39 is 29.8 Å². The first-order valence-corrected chi connectivity index (χ1v) is 16.8. The Balaban J connectivity index is 1.52. The first-order chi connectivity index (χ1) is 24.9. The zero-order chi connectivity index (χ0) is 37.7. The van der Waals surface area contributed by atoms with Crippen molar-refractivity contribution in [3.05, 3.63) is 82.9 Å². The third-order valence-corrected chi connectivity index (χ3v) is 7.86. The van der Waals surface area contributed by atoms with Gasteiger partial charge < -0.3 is 48.0 Å². The van der Waals surface area contributed by atoms with Gasteiger partial charge in [0.1, 0.15) is 28.6 Å². The fraction of sp³-hybridized carbons (Fsp3) is 0.447. The number of ketones is 1. The van der Waals surface area contributed by atoms with E-state index in [-0.39, 0.29) is 38.1 Å². The molecule has 0 spiro atoms. The van der Waals surface area contributed by atoms with E-state index in [9.17, 15) is 14.4 Å². The Kier molecular flexibility index (Phi) is 14.6. The van der Waals surface area contributed by atoms with Crippen LogP contribution in [0.5, 0.6) is 23.0 Å². The van der Waals surface area contributed by atoms with Crippen LogP contribution >= 0.6 is 0 Å². The lowest BCUT2D eigenvalue weighted by atomic mass is 10.0. The minimum atomic E-state index is -0.846. The number of rotatable bonds is 16. The van der Waals surface area contributed by atoms with Gasteiger partial charge >= 0.3 is 6.16 Å². The number of hydrogen-bond donors (Lipinski definition) is 1. The minimum Gasteiger partial charge on any atom is -0.497 e. The van der Waals surface area contributed by atoms with E-state index in [1.807, 2.05) is 0 Å². The predicted octanol–water partition coefficient (Wildman–Crippen LogP) is 5.55. The van der Waals surface area contributed by atoms with Gasteiger partial charge in [0.15, 0.2) is 19.4 Å². The second-order valence-corrected chi connectivity index (χ2v) is 12.9. The molecule has 3 aromatic carbocycles. The molecule has 0 bridgehead atoms. The Morgan fingerprint density at radius 3 is 1.98 bits per heavy atom. The standard InChI is InChI=1S/C38H48N2O12/c1-38(2,3)51-37(43)52-40-18-8-9-34(31(21-40)39-36(42)30-20-28(47-7)15-17-33(30)50-24-45-5)48-22-25-10-12-26(13-11-25)35(41)29-19-27(46-6)14-16-32(29)49-23-44-4/h10-17,19-20,31,34H,8-9,18,21-24H2,1-7H3,(H,39,42)/t31-,34-/m1/s1. The maximum atomic E-state index is 13.8. The highest BCUT2D eigenvalue weighted by Gasteiger charge is 2.33. The summed E-state index contributed by atoms with van der Waals surface area (Å²) < 4.78 is 43.8. The Morgan fingerprint density at radius 1 is 0.808 bits per heavy atom. The van der Waals surface area contributed by atoms with Crippen molar-refractivity contribution >= 4 is 17.8 Å². The zero-order valence-corrected chi connectivity index (χ0v) is 30.7. The number of benzene rings is 3. The summed E-state index contributed by atoms with van der Waals surface area (Å²) in [5, 5.41) is 4.53. The number of hydroxylamine groups is 2. The highest BCUT2D eigenvalue weighted by Crippen LogP contribution is 2.28. The molecular formula is C38H48N2O12. The molecule has 14 heteroatoms. The average molecular weight is 725 g/mol. The number of carbonyl (C=O) groups excluding carboxylic acids is 3. The molecule has 14 nitrogen and oxygen atoms in total. The van der Waals surface area contributed by atoms with Crippen molar-refractivity contribution in [3.63, 3.8) is 0 Å². The van der Waals surface area contributed by atoms with Crippen LogP contribution in [-0.2, 0) is 30.4 Å². The lowest BCUT2D eigenvalue weighted by molar-refractivity contribution is -0.145. The van der Waals surface area contributed by atoms with Crippen LogP contribution in [0.2, 0.25) is 0 Å². The van der Waals surface area contributed by atoms with Gasteiger partial charge in [-0.3, -0.25) is 9.59 Å². The summed E-state index contributed by atoms with van der Waals surface area (Å²) in [5.41, 5.74) is 1.06. The first kappa shape index (κ1) is 39.9. The van der Waals surface area contributed by atoms with E-state index in [2.05, 4.69) is 5.32 Å². The maximum Gasteiger partial charge on any atom is 0.528 e. The van der Waals surface area contributed by atoms with Gasteiger partial charge in [0.2, 0.25) is 0 Å². The molecule has 0 aliphatic carbocycles. The Morgan fingerprint density at radius 2 is 1.40 bits per heavy atom. The first-order valence-electron chi connectivity index (χ1n) is 16.8. The molecule has 1 N–H and O–H groups in total. The predicted molar refractivity (Wildman–Crippen MR) is 189 cm³/mol. The van der Waals surface area contributed by atoms with Crippen molar-refractivity contribution in [2.24, 2.45) is 0 Å². The van der Waals surface area contributed by atoms with Crippen LogP contribution in [0.3, 0.4) is 0 Å². The third kappa shape index (κ3) is 11.6. The van der Waals surface area contributed by atoms with E-state index in [0.29, 0.717) is 53.5 Å². The highest BCUT2D eigenvalue weighted by atomic mass is 16.8. The minimum absolute atomic E-state index is 0.0152. The fourth-order valence-electron chi connectivity index (χ4n) is 5.37. The van der Waals surface area contributed by atoms with Crippen molar-refractivity contribution in [1.29, 1.82) is 0 Å². The summed E-state index contributed by atoms with van der Waals surface area (Å²) in [6, 6.07) is 16.3. The SMILES string of the molecule is COCOc1ccc(OC)cc1C(=O)N[C@@H]1CN(OC(=O)OC(C)(C)C)CCC[C@H]1OCc1ccc(C(=O)c2cc(OC)ccc2OCOC)cc1. The van der Waals surface area contributed by atoms with E-state index in [1.165, 1.54) is 33.5 Å². The summed E-state index contributed by atoms with van der Waals surface area (Å²) in [5.74, 6) is 0.956. The van der Waals surface area contributed by atoms with Crippen LogP contribution in [0.25, 0.3) is 0 Å². The van der Waals surface area contributed by atoms with E-state index in [4.69, 9.17) is 42.7 Å². The zero-order valence-electron chi connectivity index (χ0n) is 30.7. The second kappa shape index (κ2) is 19.1. The molecule has 1 heterocycles. The quantitative estimate of drug-likeness (QED) is 0.112. The number of amides is 1. The average Bonchev–Trinajstić information content (AvgIpc) is 3.31. The van der Waals surface area contributed by atoms with Gasteiger partial charge in [-0.15, -0.1) is 5.06 Å². The van der Waals surface area contributed by atoms with Gasteiger partial charge in [-0.2, -0.15) is 0 Å². The van der Waals surface area contributed by atoms with Gasteiger partial charge in [0.05, 0.1) is 50.6 Å². The van der Waals surface area contributed by atoms with Gasteiger partial charge in [-0.05, 0) is 75.6 Å². The van der Waals surface area contributed by atoms with Crippen LogP contribution in [0.4, 0.5) is 4.79 Å².